The van der Waals surface area contributed by atoms with Gasteiger partial charge in [-0.15, -0.1) is 0 Å². The highest BCUT2D eigenvalue weighted by atomic mass is 127. The van der Waals surface area contributed by atoms with Crippen LogP contribution < -0.4 is 0 Å². The minimum atomic E-state index is 1.24. The molecule has 0 aliphatic rings. The van der Waals surface area contributed by atoms with E-state index in [9.17, 15) is 0 Å². The fourth-order valence-electron chi connectivity index (χ4n) is 1.45. The molecule has 1 rings (SSSR count). The molecule has 1 aromatic carbocycles. The van der Waals surface area contributed by atoms with E-state index in [1.54, 1.807) is 0 Å². The Labute approximate surface area is 99.9 Å². The lowest BCUT2D eigenvalue weighted by molar-refractivity contribution is 1.30. The molecular weight excluding hydrogens is 283 g/mol. The number of hydrogen-bond donors (Lipinski definition) is 0. The molecule has 0 radical (unpaired) electrons. The van der Waals surface area contributed by atoms with Gasteiger partial charge in [-0.2, -0.15) is 0 Å². The van der Waals surface area contributed by atoms with Gasteiger partial charge in [-0.3, -0.25) is 0 Å². The van der Waals surface area contributed by atoms with Crippen LogP contribution in [0.1, 0.15) is 29.2 Å². The summed E-state index contributed by atoms with van der Waals surface area (Å²) in [4.78, 5) is 0. The molecule has 0 unspecified atom stereocenters. The number of aryl methyl sites for hydroxylation is 1. The molecule has 0 saturated heterocycles. The molecule has 0 aliphatic heterocycles. The summed E-state index contributed by atoms with van der Waals surface area (Å²) in [6, 6.07) is 2.22. The first kappa shape index (κ1) is 11.5. The molecule has 0 nitrogen and oxygen atoms in total. The molecule has 0 fully saturated rings. The Morgan fingerprint density at radius 2 is 2.00 bits per heavy atom. The van der Waals surface area contributed by atoms with Crippen LogP contribution in [-0.2, 0) is 0 Å². The normalized spacial score (nSPS) is 10.9. The van der Waals surface area contributed by atoms with E-state index in [0.717, 1.165) is 0 Å². The molecule has 0 spiro atoms. The Morgan fingerprint density at radius 1 is 1.36 bits per heavy atom. The number of halogens is 1. The van der Waals surface area contributed by atoms with Gasteiger partial charge in [0.1, 0.15) is 0 Å². The molecule has 0 aromatic heterocycles. The van der Waals surface area contributed by atoms with Crippen LogP contribution in [0.5, 0.6) is 0 Å². The molecule has 1 heteroatoms. The van der Waals surface area contributed by atoms with Crippen LogP contribution in [0.4, 0.5) is 0 Å². The maximum absolute atomic E-state index is 3.87. The lowest BCUT2D eigenvalue weighted by Gasteiger charge is -2.10. The highest BCUT2D eigenvalue weighted by Crippen LogP contribution is 2.26. The summed E-state index contributed by atoms with van der Waals surface area (Å²) < 4.78 is 1.31. The van der Waals surface area contributed by atoms with Crippen LogP contribution in [0.2, 0.25) is 0 Å². The van der Waals surface area contributed by atoms with Gasteiger partial charge in [0, 0.05) is 3.57 Å². The predicted octanol–water partition coefficient (Wildman–Crippen LogP) is 4.58. The van der Waals surface area contributed by atoms with Crippen molar-refractivity contribution in [3.8, 4) is 0 Å². The van der Waals surface area contributed by atoms with Gasteiger partial charge in [0.25, 0.3) is 0 Å². The van der Waals surface area contributed by atoms with Gasteiger partial charge < -0.3 is 0 Å². The largest absolute Gasteiger partial charge is 0.0984 e. The van der Waals surface area contributed by atoms with E-state index in [-0.39, 0.29) is 0 Å². The molecule has 0 bridgehead atoms. The summed E-state index contributed by atoms with van der Waals surface area (Å²) in [6.07, 6.45) is 6.13. The summed E-state index contributed by atoms with van der Waals surface area (Å²) >= 11 is 2.39. The van der Waals surface area contributed by atoms with Crippen molar-refractivity contribution in [3.05, 3.63) is 44.5 Å². The van der Waals surface area contributed by atoms with Gasteiger partial charge in [-0.25, -0.2) is 0 Å². The third kappa shape index (κ3) is 2.08. The van der Waals surface area contributed by atoms with Crippen molar-refractivity contribution in [2.45, 2.75) is 20.8 Å². The van der Waals surface area contributed by atoms with Gasteiger partial charge in [0.05, 0.1) is 0 Å². The molecular formula is C13H15I. The van der Waals surface area contributed by atoms with E-state index in [4.69, 9.17) is 0 Å². The van der Waals surface area contributed by atoms with Crippen molar-refractivity contribution < 1.29 is 0 Å². The molecule has 0 aliphatic carbocycles. The summed E-state index contributed by atoms with van der Waals surface area (Å²) in [7, 11) is 0. The zero-order valence-corrected chi connectivity index (χ0v) is 11.1. The van der Waals surface area contributed by atoms with Gasteiger partial charge >= 0.3 is 0 Å². The molecule has 0 atom stereocenters. The average molecular weight is 298 g/mol. The van der Waals surface area contributed by atoms with Crippen LogP contribution in [0.25, 0.3) is 12.2 Å². The van der Waals surface area contributed by atoms with Gasteiger partial charge in [0.15, 0.2) is 0 Å². The van der Waals surface area contributed by atoms with Gasteiger partial charge in [0.2, 0.25) is 0 Å². The van der Waals surface area contributed by atoms with E-state index < -0.39 is 0 Å². The van der Waals surface area contributed by atoms with E-state index in [1.807, 2.05) is 13.0 Å². The topological polar surface area (TPSA) is 0 Å². The summed E-state index contributed by atoms with van der Waals surface area (Å²) in [5.41, 5.74) is 5.20. The fourth-order valence-corrected chi connectivity index (χ4v) is 2.40. The second kappa shape index (κ2) is 4.78. The summed E-state index contributed by atoms with van der Waals surface area (Å²) in [5, 5.41) is 0. The highest BCUT2D eigenvalue weighted by Gasteiger charge is 2.06. The SMILES string of the molecule is C=Cc1c(/C=C\C)cc(C)c(C)c1I. The summed E-state index contributed by atoms with van der Waals surface area (Å²) in [6.45, 7) is 10.2. The average Bonchev–Trinajstić information content (AvgIpc) is 2.16. The first-order chi connectivity index (χ1) is 6.61. The first-order valence-corrected chi connectivity index (χ1v) is 5.74. The molecule has 74 valence electrons. The number of allylic oxidation sites excluding steroid dienone is 1. The van der Waals surface area contributed by atoms with Crippen molar-refractivity contribution in [2.24, 2.45) is 0 Å². The quantitative estimate of drug-likeness (QED) is 0.701. The van der Waals surface area contributed by atoms with Crippen LogP contribution in [0.15, 0.2) is 18.7 Å². The first-order valence-electron chi connectivity index (χ1n) is 4.66. The van der Waals surface area contributed by atoms with E-state index >= 15 is 0 Å². The van der Waals surface area contributed by atoms with E-state index in [1.165, 1.54) is 25.8 Å². The molecule has 0 saturated carbocycles. The third-order valence-corrected chi connectivity index (χ3v) is 3.78. The predicted molar refractivity (Wildman–Crippen MR) is 73.4 cm³/mol. The lowest BCUT2D eigenvalue weighted by Crippen LogP contribution is -1.93. The van der Waals surface area contributed by atoms with Gasteiger partial charge in [-0.1, -0.05) is 30.9 Å². The Bertz CT molecular complexity index is 387. The Morgan fingerprint density at radius 3 is 2.50 bits per heavy atom. The smallest absolute Gasteiger partial charge is 0.0240 e. The summed E-state index contributed by atoms with van der Waals surface area (Å²) in [5.74, 6) is 0. The second-order valence-electron chi connectivity index (χ2n) is 3.34. The van der Waals surface area contributed by atoms with Crippen molar-refractivity contribution in [3.63, 3.8) is 0 Å². The molecule has 14 heavy (non-hydrogen) atoms. The van der Waals surface area contributed by atoms with Crippen molar-refractivity contribution in [2.75, 3.05) is 0 Å². The standard InChI is InChI=1S/C13H15I/c1-5-7-11-8-9(3)10(4)13(14)12(11)6-2/h5-8H,2H2,1,3-4H3/b7-5-. The van der Waals surface area contributed by atoms with Crippen LogP contribution in [0.3, 0.4) is 0 Å². The number of benzene rings is 1. The Hall–Kier alpha value is -0.570. The third-order valence-electron chi connectivity index (χ3n) is 2.39. The van der Waals surface area contributed by atoms with Crippen LogP contribution in [0, 0.1) is 17.4 Å². The van der Waals surface area contributed by atoms with Gasteiger partial charge in [-0.05, 0) is 65.6 Å². The van der Waals surface area contributed by atoms with Crippen molar-refractivity contribution >= 4 is 34.7 Å². The number of hydrogen-bond acceptors (Lipinski definition) is 0. The Kier molecular flexibility index (Phi) is 3.93. The zero-order valence-electron chi connectivity index (χ0n) is 8.89. The fraction of sp³-hybridized carbons (Fsp3) is 0.231. The second-order valence-corrected chi connectivity index (χ2v) is 4.42. The minimum Gasteiger partial charge on any atom is -0.0984 e. The van der Waals surface area contributed by atoms with Crippen molar-refractivity contribution in [1.82, 2.24) is 0 Å². The molecule has 0 heterocycles. The van der Waals surface area contributed by atoms with Crippen molar-refractivity contribution in [1.29, 1.82) is 0 Å². The lowest BCUT2D eigenvalue weighted by atomic mass is 9.99. The number of rotatable bonds is 2. The van der Waals surface area contributed by atoms with E-state index in [2.05, 4.69) is 61.2 Å². The maximum Gasteiger partial charge on any atom is 0.0240 e. The molecule has 1 aromatic rings. The monoisotopic (exact) mass is 298 g/mol. The minimum absolute atomic E-state index is 1.24. The zero-order chi connectivity index (χ0) is 10.7. The van der Waals surface area contributed by atoms with Crippen LogP contribution in [-0.4, -0.2) is 0 Å². The Balaban J connectivity index is 3.51. The molecule has 0 amide bonds. The van der Waals surface area contributed by atoms with E-state index in [0.29, 0.717) is 0 Å². The molecule has 0 N–H and O–H groups in total. The maximum atomic E-state index is 3.87. The highest BCUT2D eigenvalue weighted by molar-refractivity contribution is 14.1. The van der Waals surface area contributed by atoms with Crippen LogP contribution >= 0.6 is 22.6 Å².